The molecule has 0 unspecified atom stereocenters. The van der Waals surface area contributed by atoms with E-state index < -0.39 is 41.4 Å². The highest BCUT2D eigenvalue weighted by Crippen LogP contribution is 2.36. The van der Waals surface area contributed by atoms with Crippen molar-refractivity contribution in [1.82, 2.24) is 15.1 Å². The number of carbonyl (C=O) groups is 3. The van der Waals surface area contributed by atoms with E-state index in [9.17, 15) is 18.8 Å². The lowest BCUT2D eigenvalue weighted by Crippen LogP contribution is -2.57. The molecule has 3 amide bonds. The van der Waals surface area contributed by atoms with Crippen LogP contribution < -0.4 is 5.32 Å². The van der Waals surface area contributed by atoms with Crippen molar-refractivity contribution in [2.45, 2.75) is 91.0 Å². The molecule has 2 heterocycles. The van der Waals surface area contributed by atoms with E-state index in [4.69, 9.17) is 14.2 Å². The zero-order valence-corrected chi connectivity index (χ0v) is 25.3. The van der Waals surface area contributed by atoms with Crippen molar-refractivity contribution >= 4 is 18.1 Å². The topological polar surface area (TPSA) is 97.4 Å². The van der Waals surface area contributed by atoms with E-state index >= 15 is 0 Å². The molecule has 0 saturated carbocycles. The molecule has 4 atom stereocenters. The van der Waals surface area contributed by atoms with Gasteiger partial charge in [-0.15, -0.1) is 0 Å². The molecule has 4 rings (SSSR count). The maximum absolute atomic E-state index is 14.1. The largest absolute Gasteiger partial charge is 0.445 e. The fraction of sp³-hybridized carbons (Fsp3) is 0.531. The Morgan fingerprint density at radius 2 is 1.57 bits per heavy atom. The van der Waals surface area contributed by atoms with E-state index in [1.54, 1.807) is 21.9 Å². The lowest BCUT2D eigenvalue weighted by atomic mass is 9.85. The van der Waals surface area contributed by atoms with Gasteiger partial charge in [-0.05, 0) is 55.9 Å². The van der Waals surface area contributed by atoms with Crippen LogP contribution in [0, 0.1) is 11.2 Å². The van der Waals surface area contributed by atoms with Gasteiger partial charge in [-0.1, -0.05) is 63.2 Å². The summed E-state index contributed by atoms with van der Waals surface area (Å²) in [6, 6.07) is 13.7. The third kappa shape index (κ3) is 7.79. The van der Waals surface area contributed by atoms with Gasteiger partial charge in [0.25, 0.3) is 0 Å². The Labute approximate surface area is 247 Å². The molecule has 2 fully saturated rings. The van der Waals surface area contributed by atoms with Gasteiger partial charge in [0.15, 0.2) is 0 Å². The predicted molar refractivity (Wildman–Crippen MR) is 155 cm³/mol. The molecular formula is C32H42FN3O6. The number of nitrogens with one attached hydrogen (secondary N) is 1. The molecule has 2 aliphatic heterocycles. The van der Waals surface area contributed by atoms with Crippen molar-refractivity contribution in [2.75, 3.05) is 13.1 Å². The molecule has 2 aliphatic rings. The summed E-state index contributed by atoms with van der Waals surface area (Å²) in [6.45, 7) is 12.0. The number of nitrogens with zero attached hydrogens (tertiary/aromatic N) is 2. The standard InChI is InChI=1S/C32H42FN3O6/c1-31(2,3)27(34-29(38)41-20-21-10-8-7-9-11-21)28(37)35-17-16-24-26(35)25(18-36(24)30(39)42-32(4,5)6)40-19-22-12-14-23(33)15-13-22/h7-15,24-27H,16-20H2,1-6H3,(H,34,38)/t24-,25+,26+,27-/m1/s1. The second-order valence-electron chi connectivity index (χ2n) is 13.0. The van der Waals surface area contributed by atoms with Crippen LogP contribution in [0.15, 0.2) is 54.6 Å². The SMILES string of the molecule is CC(C)(C)OC(=O)N1C[C@H](OCc2ccc(F)cc2)[C@@H]2[C@H]1CCN2C(=O)[C@@H](NC(=O)OCc1ccccc1)C(C)(C)C. The molecule has 0 bridgehead atoms. The van der Waals surface area contributed by atoms with Crippen molar-refractivity contribution in [1.29, 1.82) is 0 Å². The maximum Gasteiger partial charge on any atom is 0.410 e. The Morgan fingerprint density at radius 3 is 2.19 bits per heavy atom. The Morgan fingerprint density at radius 1 is 0.929 bits per heavy atom. The van der Waals surface area contributed by atoms with E-state index in [1.807, 2.05) is 71.9 Å². The molecule has 228 valence electrons. The number of hydrogen-bond donors (Lipinski definition) is 1. The van der Waals surface area contributed by atoms with Crippen molar-refractivity contribution in [3.8, 4) is 0 Å². The molecule has 42 heavy (non-hydrogen) atoms. The smallest absolute Gasteiger partial charge is 0.410 e. The van der Waals surface area contributed by atoms with Crippen LogP contribution in [0.5, 0.6) is 0 Å². The summed E-state index contributed by atoms with van der Waals surface area (Å²) in [4.78, 5) is 43.5. The number of likely N-dealkylation sites (tertiary alicyclic amines) is 2. The average molecular weight is 584 g/mol. The zero-order chi connectivity index (χ0) is 30.7. The van der Waals surface area contributed by atoms with Crippen LogP contribution in [0.1, 0.15) is 59.1 Å². The molecule has 10 heteroatoms. The van der Waals surface area contributed by atoms with Crippen molar-refractivity contribution in [3.63, 3.8) is 0 Å². The highest BCUT2D eigenvalue weighted by Gasteiger charge is 2.54. The van der Waals surface area contributed by atoms with E-state index in [0.717, 1.165) is 11.1 Å². The Bertz CT molecular complexity index is 1240. The van der Waals surface area contributed by atoms with Gasteiger partial charge >= 0.3 is 12.2 Å². The van der Waals surface area contributed by atoms with E-state index in [0.29, 0.717) is 13.0 Å². The van der Waals surface area contributed by atoms with Crippen LogP contribution in [-0.2, 0) is 32.2 Å². The Balaban J connectivity index is 1.52. The first-order valence-electron chi connectivity index (χ1n) is 14.4. The molecule has 0 radical (unpaired) electrons. The number of ether oxygens (including phenoxy) is 3. The summed E-state index contributed by atoms with van der Waals surface area (Å²) in [5.74, 6) is -0.612. The van der Waals surface area contributed by atoms with Gasteiger partial charge in [0, 0.05) is 6.54 Å². The Kier molecular flexibility index (Phi) is 9.45. The number of benzene rings is 2. The summed E-state index contributed by atoms with van der Waals surface area (Å²) >= 11 is 0. The van der Waals surface area contributed by atoms with E-state index in [2.05, 4.69) is 5.32 Å². The van der Waals surface area contributed by atoms with Gasteiger partial charge in [0.1, 0.15) is 24.1 Å². The van der Waals surface area contributed by atoms with Gasteiger partial charge in [-0.3, -0.25) is 4.79 Å². The number of carbonyl (C=O) groups excluding carboxylic acids is 3. The molecule has 2 aromatic carbocycles. The van der Waals surface area contributed by atoms with Crippen LogP contribution in [0.3, 0.4) is 0 Å². The van der Waals surface area contributed by atoms with E-state index in [-0.39, 0.29) is 37.5 Å². The van der Waals surface area contributed by atoms with Crippen LogP contribution >= 0.6 is 0 Å². The highest BCUT2D eigenvalue weighted by molar-refractivity contribution is 5.87. The molecule has 2 saturated heterocycles. The second-order valence-corrected chi connectivity index (χ2v) is 13.0. The molecule has 2 aromatic rings. The fourth-order valence-electron chi connectivity index (χ4n) is 5.44. The number of fused-ring (bicyclic) bond motifs is 1. The van der Waals surface area contributed by atoms with Crippen molar-refractivity contribution in [3.05, 3.63) is 71.5 Å². The van der Waals surface area contributed by atoms with Gasteiger partial charge in [-0.25, -0.2) is 14.0 Å². The lowest BCUT2D eigenvalue weighted by molar-refractivity contribution is -0.139. The molecule has 0 aromatic heterocycles. The van der Waals surface area contributed by atoms with Gasteiger partial charge in [0.2, 0.25) is 5.91 Å². The normalized spacial score (nSPS) is 21.1. The summed E-state index contributed by atoms with van der Waals surface area (Å²) in [7, 11) is 0. The van der Waals surface area contributed by atoms with E-state index in [1.165, 1.54) is 12.1 Å². The fourth-order valence-corrected chi connectivity index (χ4v) is 5.44. The van der Waals surface area contributed by atoms with Gasteiger partial charge < -0.3 is 29.3 Å². The first-order valence-corrected chi connectivity index (χ1v) is 14.4. The minimum Gasteiger partial charge on any atom is -0.445 e. The molecular weight excluding hydrogens is 541 g/mol. The van der Waals surface area contributed by atoms with Crippen molar-refractivity contribution < 1.29 is 33.0 Å². The molecule has 9 nitrogen and oxygen atoms in total. The van der Waals surface area contributed by atoms with Gasteiger partial charge in [0.05, 0.1) is 31.3 Å². The minimum atomic E-state index is -0.882. The highest BCUT2D eigenvalue weighted by atomic mass is 19.1. The first-order chi connectivity index (χ1) is 19.7. The minimum absolute atomic E-state index is 0.0797. The number of halogens is 1. The third-order valence-electron chi connectivity index (χ3n) is 7.45. The second kappa shape index (κ2) is 12.7. The number of alkyl carbamates (subject to hydrolysis) is 1. The Hall–Kier alpha value is -3.66. The summed E-state index contributed by atoms with van der Waals surface area (Å²) in [5, 5.41) is 2.79. The average Bonchev–Trinajstić information content (AvgIpc) is 3.50. The number of amides is 3. The quantitative estimate of drug-likeness (QED) is 0.477. The van der Waals surface area contributed by atoms with Gasteiger partial charge in [-0.2, -0.15) is 0 Å². The van der Waals surface area contributed by atoms with Crippen molar-refractivity contribution in [2.24, 2.45) is 5.41 Å². The first kappa shape index (κ1) is 31.3. The third-order valence-corrected chi connectivity index (χ3v) is 7.45. The van der Waals surface area contributed by atoms with Crippen LogP contribution in [0.4, 0.5) is 14.0 Å². The van der Waals surface area contributed by atoms with Crippen LogP contribution in [0.25, 0.3) is 0 Å². The molecule has 1 N–H and O–H groups in total. The number of hydrogen-bond acceptors (Lipinski definition) is 6. The summed E-state index contributed by atoms with van der Waals surface area (Å²) in [6.07, 6.45) is -1.12. The monoisotopic (exact) mass is 583 g/mol. The zero-order valence-electron chi connectivity index (χ0n) is 25.3. The van der Waals surface area contributed by atoms with Crippen LogP contribution in [0.2, 0.25) is 0 Å². The molecule has 0 aliphatic carbocycles. The van der Waals surface area contributed by atoms with Crippen LogP contribution in [-0.4, -0.2) is 70.8 Å². The lowest BCUT2D eigenvalue weighted by Gasteiger charge is -2.36. The maximum atomic E-state index is 14.1. The molecule has 0 spiro atoms. The predicted octanol–water partition coefficient (Wildman–Crippen LogP) is 5.27. The number of rotatable bonds is 7. The summed E-state index contributed by atoms with van der Waals surface area (Å²) in [5.41, 5.74) is 0.294. The summed E-state index contributed by atoms with van der Waals surface area (Å²) < 4.78 is 30.8.